The Morgan fingerprint density at radius 3 is 3.00 bits per heavy atom. The van der Waals surface area contributed by atoms with Crippen molar-refractivity contribution in [2.24, 2.45) is 4.99 Å². The molecule has 0 aliphatic carbocycles. The minimum atomic E-state index is 0. The number of guanidine groups is 1. The van der Waals surface area contributed by atoms with Crippen molar-refractivity contribution >= 4 is 45.9 Å². The molecular weight excluding hydrogens is 421 g/mol. The molecule has 0 atom stereocenters. The average Bonchev–Trinajstić information content (AvgIpc) is 2.40. The van der Waals surface area contributed by atoms with E-state index in [2.05, 4.69) is 37.6 Å². The van der Waals surface area contributed by atoms with Gasteiger partial charge in [0.25, 0.3) is 0 Å². The zero-order chi connectivity index (χ0) is 12.8. The van der Waals surface area contributed by atoms with Crippen LogP contribution in [0.4, 0.5) is 0 Å². The van der Waals surface area contributed by atoms with Crippen molar-refractivity contribution in [1.82, 2.24) is 10.6 Å². The molecule has 0 saturated heterocycles. The summed E-state index contributed by atoms with van der Waals surface area (Å²) in [6.45, 7) is 2.76. The smallest absolute Gasteiger partial charge is 0.191 e. The van der Waals surface area contributed by atoms with Crippen LogP contribution < -0.4 is 15.4 Å². The second-order valence-corrected chi connectivity index (χ2v) is 4.97. The summed E-state index contributed by atoms with van der Waals surface area (Å²) in [6.07, 6.45) is 2.02. The van der Waals surface area contributed by atoms with E-state index < -0.39 is 0 Å². The summed E-state index contributed by atoms with van der Waals surface area (Å²) in [7, 11) is 1.70. The van der Waals surface area contributed by atoms with Crippen LogP contribution in [0.1, 0.15) is 12.0 Å². The summed E-state index contributed by atoms with van der Waals surface area (Å²) < 4.78 is 6.39. The van der Waals surface area contributed by atoms with Gasteiger partial charge in [-0.1, -0.05) is 12.1 Å². The molecule has 0 saturated carbocycles. The van der Waals surface area contributed by atoms with Crippen molar-refractivity contribution in [1.29, 1.82) is 0 Å². The first-order valence-electron chi connectivity index (χ1n) is 6.15. The number of hydrogen-bond donors (Lipinski definition) is 2. The van der Waals surface area contributed by atoms with Crippen LogP contribution in [0.15, 0.2) is 27.7 Å². The van der Waals surface area contributed by atoms with Gasteiger partial charge in [-0.25, -0.2) is 0 Å². The van der Waals surface area contributed by atoms with Crippen LogP contribution >= 0.6 is 39.9 Å². The molecule has 1 aliphatic heterocycles. The van der Waals surface area contributed by atoms with Crippen LogP contribution in [-0.2, 0) is 6.42 Å². The first-order chi connectivity index (χ1) is 8.81. The number of benzene rings is 1. The quantitative estimate of drug-likeness (QED) is 0.708. The number of hydrogen-bond acceptors (Lipinski definition) is 4. The number of rotatable bonds is 4. The van der Waals surface area contributed by atoms with Crippen LogP contribution in [-0.4, -0.2) is 32.7 Å². The normalized spacial score (nSPS) is 13.9. The highest BCUT2D eigenvalue weighted by Crippen LogP contribution is 2.28. The van der Waals surface area contributed by atoms with Gasteiger partial charge < -0.3 is 15.4 Å². The molecule has 6 heteroatoms. The van der Waals surface area contributed by atoms with Crippen LogP contribution in [0.5, 0.6) is 5.75 Å². The van der Waals surface area contributed by atoms with Gasteiger partial charge in [0.1, 0.15) is 5.75 Å². The lowest BCUT2D eigenvalue weighted by Crippen LogP contribution is -2.41. The third kappa shape index (κ3) is 4.83. The van der Waals surface area contributed by atoms with Crippen LogP contribution in [0.25, 0.3) is 0 Å². The molecule has 0 unspecified atom stereocenters. The molecule has 106 valence electrons. The molecular formula is C13H19BrIN3O. The molecule has 19 heavy (non-hydrogen) atoms. The summed E-state index contributed by atoms with van der Waals surface area (Å²) >= 11 is 3.49. The zero-order valence-electron chi connectivity index (χ0n) is 10.9. The van der Waals surface area contributed by atoms with E-state index in [4.69, 9.17) is 4.74 Å². The van der Waals surface area contributed by atoms with Crippen molar-refractivity contribution in [3.63, 3.8) is 0 Å². The Bertz CT molecular complexity index is 440. The van der Waals surface area contributed by atoms with Crippen LogP contribution in [0.3, 0.4) is 0 Å². The van der Waals surface area contributed by atoms with Gasteiger partial charge in [0, 0.05) is 19.6 Å². The van der Waals surface area contributed by atoms with Gasteiger partial charge in [-0.15, -0.1) is 24.0 Å². The Hall–Kier alpha value is -0.500. The molecule has 1 aliphatic rings. The number of methoxy groups -OCH3 is 1. The molecule has 0 radical (unpaired) electrons. The maximum atomic E-state index is 5.40. The van der Waals surface area contributed by atoms with E-state index >= 15 is 0 Å². The Morgan fingerprint density at radius 2 is 2.32 bits per heavy atom. The maximum Gasteiger partial charge on any atom is 0.191 e. The van der Waals surface area contributed by atoms with E-state index in [1.165, 1.54) is 5.56 Å². The minimum Gasteiger partial charge on any atom is -0.495 e. The number of ether oxygens (including phenoxy) is 1. The molecule has 1 aromatic carbocycles. The Kier molecular flexibility index (Phi) is 7.52. The van der Waals surface area contributed by atoms with E-state index in [0.29, 0.717) is 0 Å². The molecule has 0 fully saturated rings. The molecule has 4 nitrogen and oxygen atoms in total. The molecule has 0 spiro atoms. The Balaban J connectivity index is 0.00000180. The van der Waals surface area contributed by atoms with Gasteiger partial charge >= 0.3 is 0 Å². The zero-order valence-corrected chi connectivity index (χ0v) is 14.8. The van der Waals surface area contributed by atoms with E-state index in [9.17, 15) is 0 Å². The summed E-state index contributed by atoms with van der Waals surface area (Å²) in [6, 6.07) is 6.10. The molecule has 1 aromatic rings. The second-order valence-electron chi connectivity index (χ2n) is 4.12. The molecule has 0 bridgehead atoms. The predicted octanol–water partition coefficient (Wildman–Crippen LogP) is 2.56. The standard InChI is InChI=1S/C13H18BrN3O.HI/c1-18-12-10(4-2-5-11(12)14)6-9-17-13-15-7-3-8-16-13;/h2,4-5H,3,6-9H2,1H3,(H2,15,16,17);1H. The van der Waals surface area contributed by atoms with Crippen molar-refractivity contribution in [3.8, 4) is 5.75 Å². The van der Waals surface area contributed by atoms with E-state index in [1.54, 1.807) is 7.11 Å². The SMILES string of the molecule is COc1c(Br)cccc1CCNC1=NCCCN1.I. The highest BCUT2D eigenvalue weighted by atomic mass is 127. The van der Waals surface area contributed by atoms with Gasteiger partial charge in [0.2, 0.25) is 0 Å². The lowest BCUT2D eigenvalue weighted by atomic mass is 10.1. The van der Waals surface area contributed by atoms with E-state index in [0.717, 1.165) is 48.7 Å². The summed E-state index contributed by atoms with van der Waals surface area (Å²) in [5.41, 5.74) is 1.19. The first kappa shape index (κ1) is 16.6. The highest BCUT2D eigenvalue weighted by Gasteiger charge is 2.07. The molecule has 0 amide bonds. The van der Waals surface area contributed by atoms with Gasteiger partial charge in [-0.2, -0.15) is 0 Å². The van der Waals surface area contributed by atoms with Gasteiger partial charge in [0.05, 0.1) is 11.6 Å². The highest BCUT2D eigenvalue weighted by molar-refractivity contribution is 14.0. The van der Waals surface area contributed by atoms with E-state index in [1.807, 2.05) is 12.1 Å². The third-order valence-corrected chi connectivity index (χ3v) is 3.46. The average molecular weight is 440 g/mol. The van der Waals surface area contributed by atoms with Gasteiger partial charge in [-0.05, 0) is 40.4 Å². The fourth-order valence-electron chi connectivity index (χ4n) is 1.95. The maximum absolute atomic E-state index is 5.40. The van der Waals surface area contributed by atoms with Crippen molar-refractivity contribution in [2.75, 3.05) is 26.7 Å². The summed E-state index contributed by atoms with van der Waals surface area (Å²) in [4.78, 5) is 4.37. The Morgan fingerprint density at radius 1 is 1.47 bits per heavy atom. The monoisotopic (exact) mass is 439 g/mol. The number of para-hydroxylation sites is 1. The van der Waals surface area contributed by atoms with Gasteiger partial charge in [-0.3, -0.25) is 4.99 Å². The predicted molar refractivity (Wildman–Crippen MR) is 92.7 cm³/mol. The van der Waals surface area contributed by atoms with Gasteiger partial charge in [0.15, 0.2) is 5.96 Å². The van der Waals surface area contributed by atoms with Crippen molar-refractivity contribution in [3.05, 3.63) is 28.2 Å². The number of nitrogens with one attached hydrogen (secondary N) is 2. The molecule has 2 rings (SSSR count). The lowest BCUT2D eigenvalue weighted by Gasteiger charge is -2.16. The molecule has 0 aromatic heterocycles. The summed E-state index contributed by atoms with van der Waals surface area (Å²) in [5.74, 6) is 1.83. The fraction of sp³-hybridized carbons (Fsp3) is 0.462. The number of halogens is 2. The van der Waals surface area contributed by atoms with Crippen LogP contribution in [0.2, 0.25) is 0 Å². The summed E-state index contributed by atoms with van der Waals surface area (Å²) in [5, 5.41) is 6.55. The molecule has 2 N–H and O–H groups in total. The second kappa shape index (κ2) is 8.63. The number of nitrogens with zero attached hydrogens (tertiary/aromatic N) is 1. The minimum absolute atomic E-state index is 0. The fourth-order valence-corrected chi connectivity index (χ4v) is 2.51. The van der Waals surface area contributed by atoms with Crippen LogP contribution in [0, 0.1) is 0 Å². The third-order valence-electron chi connectivity index (χ3n) is 2.84. The topological polar surface area (TPSA) is 45.6 Å². The van der Waals surface area contributed by atoms with E-state index in [-0.39, 0.29) is 24.0 Å². The van der Waals surface area contributed by atoms with Crippen molar-refractivity contribution in [2.45, 2.75) is 12.8 Å². The Labute approximate surface area is 139 Å². The largest absolute Gasteiger partial charge is 0.495 e. The van der Waals surface area contributed by atoms with Crippen molar-refractivity contribution < 1.29 is 4.74 Å². The molecule has 1 heterocycles. The lowest BCUT2D eigenvalue weighted by molar-refractivity contribution is 0.407. The first-order valence-corrected chi connectivity index (χ1v) is 6.94. The number of aliphatic imine (C=N–C) groups is 1.